The van der Waals surface area contributed by atoms with Crippen LogP contribution in [0.2, 0.25) is 0 Å². The van der Waals surface area contributed by atoms with Crippen LogP contribution in [0.3, 0.4) is 0 Å². The minimum absolute atomic E-state index is 0.0340. The summed E-state index contributed by atoms with van der Waals surface area (Å²) in [7, 11) is 0. The van der Waals surface area contributed by atoms with Gasteiger partial charge in [0.25, 0.3) is 0 Å². The van der Waals surface area contributed by atoms with Gasteiger partial charge in [0.15, 0.2) is 0 Å². The Kier molecular flexibility index (Phi) is 4.69. The maximum absolute atomic E-state index is 13.3. The number of aromatic nitrogens is 1. The molecule has 0 aliphatic carbocycles. The second kappa shape index (κ2) is 6.48. The summed E-state index contributed by atoms with van der Waals surface area (Å²) in [4.78, 5) is 6.42. The maximum Gasteiger partial charge on any atom is 0.125 e. The van der Waals surface area contributed by atoms with Gasteiger partial charge in [-0.3, -0.25) is 4.98 Å². The van der Waals surface area contributed by atoms with E-state index in [2.05, 4.69) is 4.98 Å². The smallest absolute Gasteiger partial charge is 0.125 e. The number of nitrogens with zero attached hydrogens (tertiary/aromatic N) is 2. The van der Waals surface area contributed by atoms with Crippen molar-refractivity contribution in [3.63, 3.8) is 0 Å². The van der Waals surface area contributed by atoms with Crippen LogP contribution in [0, 0.1) is 5.82 Å². The molecule has 0 fully saturated rings. The van der Waals surface area contributed by atoms with Crippen LogP contribution in [-0.4, -0.2) is 11.5 Å². The zero-order valence-electron chi connectivity index (χ0n) is 11.9. The molecule has 2 rings (SSSR count). The van der Waals surface area contributed by atoms with Crippen molar-refractivity contribution in [1.82, 2.24) is 4.98 Å². The van der Waals surface area contributed by atoms with E-state index in [4.69, 9.17) is 5.73 Å². The summed E-state index contributed by atoms with van der Waals surface area (Å²) in [5.74, 6) is -0.237. The first-order chi connectivity index (χ1) is 9.65. The Morgan fingerprint density at radius 3 is 2.55 bits per heavy atom. The van der Waals surface area contributed by atoms with Gasteiger partial charge in [0.2, 0.25) is 0 Å². The van der Waals surface area contributed by atoms with E-state index in [9.17, 15) is 4.39 Å². The molecule has 0 aliphatic rings. The Labute approximate surface area is 119 Å². The highest BCUT2D eigenvalue weighted by molar-refractivity contribution is 5.62. The molecule has 0 radical (unpaired) electrons. The molecular weight excluding hydrogens is 253 g/mol. The Bertz CT molecular complexity index is 554. The number of benzene rings is 1. The molecule has 0 spiro atoms. The number of anilines is 2. The normalized spacial score (nSPS) is 12.2. The van der Waals surface area contributed by atoms with Gasteiger partial charge in [-0.2, -0.15) is 0 Å². The molecule has 0 saturated carbocycles. The highest BCUT2D eigenvalue weighted by Gasteiger charge is 2.10. The van der Waals surface area contributed by atoms with Crippen molar-refractivity contribution in [2.45, 2.75) is 26.3 Å². The van der Waals surface area contributed by atoms with Crippen LogP contribution < -0.4 is 10.6 Å². The van der Waals surface area contributed by atoms with E-state index >= 15 is 0 Å². The predicted molar refractivity (Wildman–Crippen MR) is 80.5 cm³/mol. The summed E-state index contributed by atoms with van der Waals surface area (Å²) in [6, 6.07) is 10.4. The largest absolute Gasteiger partial charge is 0.340 e. The second-order valence-corrected chi connectivity index (χ2v) is 4.68. The van der Waals surface area contributed by atoms with Crippen molar-refractivity contribution in [1.29, 1.82) is 0 Å². The number of hydrogen-bond donors (Lipinski definition) is 1. The first-order valence-corrected chi connectivity index (χ1v) is 6.90. The fraction of sp³-hybridized carbons (Fsp3) is 0.312. The van der Waals surface area contributed by atoms with Gasteiger partial charge in [0, 0.05) is 18.3 Å². The highest BCUT2D eigenvalue weighted by Crippen LogP contribution is 2.25. The summed E-state index contributed by atoms with van der Waals surface area (Å²) in [6.07, 6.45) is 2.65. The van der Waals surface area contributed by atoms with Gasteiger partial charge in [-0.1, -0.05) is 13.0 Å². The molecule has 106 valence electrons. The van der Waals surface area contributed by atoms with Gasteiger partial charge >= 0.3 is 0 Å². The van der Waals surface area contributed by atoms with E-state index < -0.39 is 0 Å². The molecule has 2 aromatic rings. The second-order valence-electron chi connectivity index (χ2n) is 4.68. The molecule has 0 aliphatic heterocycles. The minimum atomic E-state index is -0.237. The third kappa shape index (κ3) is 3.14. The molecule has 0 amide bonds. The van der Waals surface area contributed by atoms with Crippen LogP contribution in [0.5, 0.6) is 0 Å². The molecule has 1 aromatic heterocycles. The van der Waals surface area contributed by atoms with Gasteiger partial charge < -0.3 is 10.6 Å². The Morgan fingerprint density at radius 1 is 1.20 bits per heavy atom. The molecule has 3 nitrogen and oxygen atoms in total. The van der Waals surface area contributed by atoms with Crippen LogP contribution in [-0.2, 0) is 0 Å². The summed E-state index contributed by atoms with van der Waals surface area (Å²) >= 11 is 0. The van der Waals surface area contributed by atoms with Crippen LogP contribution in [0.15, 0.2) is 42.6 Å². The van der Waals surface area contributed by atoms with Crippen molar-refractivity contribution >= 4 is 11.4 Å². The third-order valence-electron chi connectivity index (χ3n) is 3.34. The van der Waals surface area contributed by atoms with Gasteiger partial charge in [-0.15, -0.1) is 0 Å². The van der Waals surface area contributed by atoms with Crippen LogP contribution in [0.4, 0.5) is 15.8 Å². The van der Waals surface area contributed by atoms with E-state index in [1.165, 1.54) is 12.1 Å². The summed E-state index contributed by atoms with van der Waals surface area (Å²) < 4.78 is 13.3. The van der Waals surface area contributed by atoms with Gasteiger partial charge in [0.1, 0.15) is 5.82 Å². The minimum Gasteiger partial charge on any atom is -0.340 e. The van der Waals surface area contributed by atoms with E-state index in [1.807, 2.05) is 36.9 Å². The van der Waals surface area contributed by atoms with Gasteiger partial charge in [-0.05, 0) is 43.7 Å². The zero-order valence-corrected chi connectivity index (χ0v) is 11.9. The van der Waals surface area contributed by atoms with Crippen LogP contribution in [0.25, 0.3) is 0 Å². The number of nitrogens with two attached hydrogens (primary N) is 1. The average molecular weight is 273 g/mol. The lowest BCUT2D eigenvalue weighted by atomic mass is 10.1. The number of halogens is 1. The van der Waals surface area contributed by atoms with Crippen molar-refractivity contribution in [2.24, 2.45) is 5.73 Å². The first-order valence-electron chi connectivity index (χ1n) is 6.90. The molecule has 1 atom stereocenters. The van der Waals surface area contributed by atoms with Crippen molar-refractivity contribution < 1.29 is 4.39 Å². The lowest BCUT2D eigenvalue weighted by Crippen LogP contribution is -2.17. The van der Waals surface area contributed by atoms with Crippen LogP contribution in [0.1, 0.15) is 32.0 Å². The fourth-order valence-electron chi connectivity index (χ4n) is 2.14. The van der Waals surface area contributed by atoms with E-state index in [0.29, 0.717) is 0 Å². The lowest BCUT2D eigenvalue weighted by Gasteiger charge is -2.23. The SMILES string of the molecule is CC[C@@H](N)c1ccc(N(CC)c2cccc(F)c2)cn1. The molecular formula is C16H20FN3. The highest BCUT2D eigenvalue weighted by atomic mass is 19.1. The molecule has 4 heteroatoms. The summed E-state index contributed by atoms with van der Waals surface area (Å²) in [5.41, 5.74) is 8.60. The first kappa shape index (κ1) is 14.5. The molecule has 2 N–H and O–H groups in total. The van der Waals surface area contributed by atoms with E-state index in [0.717, 1.165) is 30.0 Å². The Balaban J connectivity index is 2.28. The summed E-state index contributed by atoms with van der Waals surface area (Å²) in [5, 5.41) is 0. The molecule has 0 bridgehead atoms. The van der Waals surface area contributed by atoms with E-state index in [1.54, 1.807) is 12.3 Å². The van der Waals surface area contributed by atoms with Crippen molar-refractivity contribution in [2.75, 3.05) is 11.4 Å². The molecule has 1 heterocycles. The number of rotatable bonds is 5. The monoisotopic (exact) mass is 273 g/mol. The van der Waals surface area contributed by atoms with Crippen LogP contribution >= 0.6 is 0 Å². The predicted octanol–water partition coefficient (Wildman–Crippen LogP) is 3.79. The number of pyridine rings is 1. The van der Waals surface area contributed by atoms with Gasteiger partial charge in [-0.25, -0.2) is 4.39 Å². The Morgan fingerprint density at radius 2 is 2.00 bits per heavy atom. The van der Waals surface area contributed by atoms with Crippen molar-refractivity contribution in [3.8, 4) is 0 Å². The molecule has 20 heavy (non-hydrogen) atoms. The lowest BCUT2D eigenvalue weighted by molar-refractivity contribution is 0.627. The molecule has 1 aromatic carbocycles. The zero-order chi connectivity index (χ0) is 14.5. The Hall–Kier alpha value is -1.94. The third-order valence-corrected chi connectivity index (χ3v) is 3.34. The fourth-order valence-corrected chi connectivity index (χ4v) is 2.14. The van der Waals surface area contributed by atoms with Gasteiger partial charge in [0.05, 0.1) is 17.6 Å². The summed E-state index contributed by atoms with van der Waals surface area (Å²) in [6.45, 7) is 4.80. The average Bonchev–Trinajstić information content (AvgIpc) is 2.48. The maximum atomic E-state index is 13.3. The molecule has 0 unspecified atom stereocenters. The quantitative estimate of drug-likeness (QED) is 0.901. The van der Waals surface area contributed by atoms with Crippen molar-refractivity contribution in [3.05, 3.63) is 54.1 Å². The number of hydrogen-bond acceptors (Lipinski definition) is 3. The molecule has 0 saturated heterocycles. The standard InChI is InChI=1S/C16H20FN3/c1-3-15(18)16-9-8-14(11-19-16)20(4-2)13-7-5-6-12(17)10-13/h5-11,15H,3-4,18H2,1-2H3/t15-/m1/s1. The topological polar surface area (TPSA) is 42.1 Å². The van der Waals surface area contributed by atoms with E-state index in [-0.39, 0.29) is 11.9 Å².